The molecule has 0 spiro atoms. The van der Waals surface area contributed by atoms with Crippen molar-refractivity contribution >= 4 is 36.1 Å². The number of ether oxygens (including phenoxy) is 5. The minimum absolute atomic E-state index is 0.207. The molecule has 12 nitrogen and oxygen atoms in total. The van der Waals surface area contributed by atoms with Crippen LogP contribution in [0.2, 0.25) is 0 Å². The molecule has 12 heteroatoms. The second kappa shape index (κ2) is 17.8. The molecule has 256 valence electrons. The fourth-order valence-electron chi connectivity index (χ4n) is 5.34. The molecule has 1 N–H and O–H groups in total. The summed E-state index contributed by atoms with van der Waals surface area (Å²) in [6.45, 7) is 7.37. The Hall–Kier alpha value is -4.03. The first kappa shape index (κ1) is 35.8. The number of allylic oxidation sites excluding steroid dienone is 3. The summed E-state index contributed by atoms with van der Waals surface area (Å²) in [5, 5.41) is 2.11. The Morgan fingerprint density at radius 2 is 1.83 bits per heavy atom. The smallest absolute Gasteiger partial charge is 0.414 e. The molecule has 2 saturated heterocycles. The van der Waals surface area contributed by atoms with E-state index in [0.717, 1.165) is 31.3 Å². The molecule has 4 rings (SSSR count). The number of aryl methyl sites for hydroxylation is 1. The van der Waals surface area contributed by atoms with Gasteiger partial charge in [-0.25, -0.2) is 14.6 Å². The molecule has 2 fully saturated rings. The molecule has 2 bridgehead atoms. The average Bonchev–Trinajstić information content (AvgIpc) is 3.93. The zero-order valence-corrected chi connectivity index (χ0v) is 27.6. The third-order valence-corrected chi connectivity index (χ3v) is 7.93. The fourth-order valence-corrected chi connectivity index (χ4v) is 5.34. The summed E-state index contributed by atoms with van der Waals surface area (Å²) >= 11 is 0. The summed E-state index contributed by atoms with van der Waals surface area (Å²) in [6, 6.07) is 0. The number of hydrogen-bond acceptors (Lipinski definition) is 11. The van der Waals surface area contributed by atoms with E-state index in [2.05, 4.69) is 17.2 Å². The normalized spacial score (nSPS) is 25.7. The van der Waals surface area contributed by atoms with Crippen molar-refractivity contribution in [1.82, 2.24) is 10.3 Å². The lowest BCUT2D eigenvalue weighted by Crippen LogP contribution is -2.46. The van der Waals surface area contributed by atoms with Crippen LogP contribution in [0.3, 0.4) is 0 Å². The van der Waals surface area contributed by atoms with Gasteiger partial charge in [-0.15, -0.1) is 0 Å². The van der Waals surface area contributed by atoms with E-state index in [9.17, 15) is 19.2 Å². The maximum Gasteiger partial charge on any atom is 0.414 e. The van der Waals surface area contributed by atoms with Crippen molar-refractivity contribution in [1.29, 1.82) is 0 Å². The number of carbonyl (C=O) groups is 4. The second-order valence-electron chi connectivity index (χ2n) is 12.0. The third-order valence-electron chi connectivity index (χ3n) is 7.93. The Kier molecular flexibility index (Phi) is 13.5. The van der Waals surface area contributed by atoms with Gasteiger partial charge in [-0.05, 0) is 51.7 Å². The molecule has 4 heterocycles. The molecule has 3 aliphatic heterocycles. The molecule has 2 amide bonds. The molecule has 0 saturated carbocycles. The monoisotopic (exact) mass is 654 g/mol. The number of unbranched alkanes of at least 4 members (excludes halogenated alkanes) is 4. The zero-order chi connectivity index (χ0) is 33.8. The minimum atomic E-state index is -1.05. The lowest BCUT2D eigenvalue weighted by Gasteiger charge is -2.24. The van der Waals surface area contributed by atoms with Gasteiger partial charge in [0.05, 0.1) is 12.7 Å². The van der Waals surface area contributed by atoms with E-state index >= 15 is 0 Å². The molecular formula is C35H46N2O10. The van der Waals surface area contributed by atoms with Crippen molar-refractivity contribution in [3.05, 3.63) is 53.3 Å². The summed E-state index contributed by atoms with van der Waals surface area (Å²) < 4.78 is 34.4. The van der Waals surface area contributed by atoms with Crippen LogP contribution in [0.1, 0.15) is 95.9 Å². The number of epoxide rings is 2. The highest BCUT2D eigenvalue weighted by Gasteiger charge is 2.58. The van der Waals surface area contributed by atoms with Gasteiger partial charge in [0, 0.05) is 19.4 Å². The van der Waals surface area contributed by atoms with Gasteiger partial charge in [-0.2, -0.15) is 0 Å². The summed E-state index contributed by atoms with van der Waals surface area (Å²) in [5.41, 5.74) is 1.65. The molecule has 0 aromatic carbocycles. The first-order valence-corrected chi connectivity index (χ1v) is 16.5. The largest absolute Gasteiger partial charge is 0.465 e. The first-order valence-electron chi connectivity index (χ1n) is 16.5. The van der Waals surface area contributed by atoms with E-state index in [1.807, 2.05) is 26.0 Å². The van der Waals surface area contributed by atoms with Crippen LogP contribution in [0, 0.1) is 6.92 Å². The predicted octanol–water partition coefficient (Wildman–Crippen LogP) is 5.69. The van der Waals surface area contributed by atoms with Crippen LogP contribution in [0.15, 0.2) is 40.4 Å². The number of hydrogen-bond donors (Lipinski definition) is 1. The lowest BCUT2D eigenvalue weighted by atomic mass is 10.00. The molecular weight excluding hydrogens is 608 g/mol. The molecule has 0 unspecified atom stereocenters. The number of amides is 2. The number of fused-ring (bicyclic) bond motifs is 3. The number of alkyl carbamates (subject to hydrolysis) is 1. The maximum absolute atomic E-state index is 13.0. The molecule has 0 radical (unpaired) electrons. The van der Waals surface area contributed by atoms with Gasteiger partial charge in [0.1, 0.15) is 29.8 Å². The number of rotatable bonds is 12. The Balaban J connectivity index is 1.43. The summed E-state index contributed by atoms with van der Waals surface area (Å²) in [6.07, 6.45) is 14.1. The molecule has 6 atom stereocenters. The topological polar surface area (TPSA) is 159 Å². The van der Waals surface area contributed by atoms with Gasteiger partial charge in [0.15, 0.2) is 12.2 Å². The van der Waals surface area contributed by atoms with Gasteiger partial charge in [-0.3, -0.25) is 14.9 Å². The number of aromatic nitrogens is 1. The van der Waals surface area contributed by atoms with Crippen molar-refractivity contribution in [2.24, 2.45) is 0 Å². The Morgan fingerprint density at radius 3 is 2.62 bits per heavy atom. The minimum Gasteiger partial charge on any atom is -0.465 e. The van der Waals surface area contributed by atoms with Crippen LogP contribution in [0.4, 0.5) is 4.79 Å². The lowest BCUT2D eigenvalue weighted by molar-refractivity contribution is -0.151. The summed E-state index contributed by atoms with van der Waals surface area (Å²) in [5.74, 6) is -0.364. The Bertz CT molecular complexity index is 1380. The number of nitrogens with one attached hydrogen (secondary N) is 1. The summed E-state index contributed by atoms with van der Waals surface area (Å²) in [7, 11) is 0. The van der Waals surface area contributed by atoms with E-state index in [4.69, 9.17) is 28.1 Å². The Labute approximate surface area is 275 Å². The van der Waals surface area contributed by atoms with Gasteiger partial charge in [-0.1, -0.05) is 62.5 Å². The van der Waals surface area contributed by atoms with Crippen molar-refractivity contribution in [3.8, 4) is 0 Å². The predicted molar refractivity (Wildman–Crippen MR) is 172 cm³/mol. The van der Waals surface area contributed by atoms with Crippen molar-refractivity contribution in [3.63, 3.8) is 0 Å². The van der Waals surface area contributed by atoms with Gasteiger partial charge in [0.2, 0.25) is 11.8 Å². The number of imide groups is 1. The summed E-state index contributed by atoms with van der Waals surface area (Å²) in [4.78, 5) is 53.6. The molecule has 1 aromatic rings. The molecule has 0 aliphatic carbocycles. The van der Waals surface area contributed by atoms with E-state index in [0.29, 0.717) is 43.0 Å². The Morgan fingerprint density at radius 1 is 1.04 bits per heavy atom. The number of oxazole rings is 1. The van der Waals surface area contributed by atoms with Crippen LogP contribution in [0.25, 0.3) is 12.2 Å². The van der Waals surface area contributed by atoms with E-state index in [-0.39, 0.29) is 18.7 Å². The second-order valence-corrected chi connectivity index (χ2v) is 12.0. The van der Waals surface area contributed by atoms with Gasteiger partial charge < -0.3 is 28.1 Å². The fraction of sp³-hybridized carbons (Fsp3) is 0.571. The highest BCUT2D eigenvalue weighted by Crippen LogP contribution is 2.40. The van der Waals surface area contributed by atoms with E-state index in [1.54, 1.807) is 18.2 Å². The SMILES string of the molecule is CCCCCCCC(=O)OCCC=C[C@@H]1O[C@@H]1[C@@H]1OC(=O)C=CC=Cc2nc(oc2C)C=C(C)CC[C@H]2O[C@H]2[C@H]1OC(=O)NC(C)=O. The van der Waals surface area contributed by atoms with Gasteiger partial charge in [0.25, 0.3) is 0 Å². The van der Waals surface area contributed by atoms with E-state index < -0.39 is 48.5 Å². The molecule has 47 heavy (non-hydrogen) atoms. The molecule has 1 aromatic heterocycles. The zero-order valence-electron chi connectivity index (χ0n) is 27.6. The number of cyclic esters (lactones) is 1. The van der Waals surface area contributed by atoms with Crippen LogP contribution in [-0.2, 0) is 38.1 Å². The number of carbonyl (C=O) groups excluding carboxylic acids is 4. The van der Waals surface area contributed by atoms with E-state index in [1.165, 1.54) is 25.5 Å². The van der Waals surface area contributed by atoms with Crippen molar-refractivity contribution in [2.45, 2.75) is 122 Å². The van der Waals surface area contributed by atoms with Gasteiger partial charge >= 0.3 is 18.0 Å². The van der Waals surface area contributed by atoms with Crippen LogP contribution in [0.5, 0.6) is 0 Å². The quantitative estimate of drug-likeness (QED) is 0.0970. The van der Waals surface area contributed by atoms with Crippen LogP contribution in [-0.4, -0.2) is 72.2 Å². The average molecular weight is 655 g/mol. The van der Waals surface area contributed by atoms with Crippen molar-refractivity contribution < 1.29 is 47.3 Å². The molecule has 3 aliphatic rings. The highest BCUT2D eigenvalue weighted by molar-refractivity contribution is 5.90. The highest BCUT2D eigenvalue weighted by atomic mass is 16.7. The maximum atomic E-state index is 13.0. The van der Waals surface area contributed by atoms with Crippen molar-refractivity contribution in [2.75, 3.05) is 6.61 Å². The first-order chi connectivity index (χ1) is 22.6. The number of nitrogens with zero attached hydrogens (tertiary/aromatic N) is 1. The third kappa shape index (κ3) is 11.9. The standard InChI is InChI=1S/C35H46N2O10/c1-5-6-7-8-9-16-29(39)42-20-13-12-15-26-31(44-26)33-34(47-35(41)36-24(4)38)32-27(45-32)19-18-22(2)21-28-37-25(23(3)43-28)14-10-11-17-30(40)46-33/h10-12,14-15,17,21,26-27,31-34H,5-9,13,16,18-20H2,1-4H3,(H,36,38,41)/t26-,27+,31-,32+,33-,34+/m0/s1. The van der Waals surface area contributed by atoms with Crippen LogP contribution < -0.4 is 5.32 Å². The number of esters is 2. The van der Waals surface area contributed by atoms with Crippen LogP contribution >= 0.6 is 0 Å².